The molecule has 0 N–H and O–H groups in total. The number of rotatable bonds is 4. The number of hydrogen-bond donors (Lipinski definition) is 0. The highest BCUT2D eigenvalue weighted by molar-refractivity contribution is 7.88. The van der Waals surface area contributed by atoms with E-state index >= 15 is 0 Å². The molecule has 13 heavy (non-hydrogen) atoms. The SMILES string of the molecule is C=CCN(C1CCCC1)S(C)(=O)=O. The van der Waals surface area contributed by atoms with E-state index in [2.05, 4.69) is 6.58 Å². The Hall–Kier alpha value is -0.350. The van der Waals surface area contributed by atoms with Gasteiger partial charge in [-0.3, -0.25) is 0 Å². The Morgan fingerprint density at radius 2 is 2.00 bits per heavy atom. The highest BCUT2D eigenvalue weighted by Gasteiger charge is 2.27. The molecule has 0 saturated heterocycles. The van der Waals surface area contributed by atoms with Gasteiger partial charge in [-0.05, 0) is 12.8 Å². The van der Waals surface area contributed by atoms with E-state index in [0.29, 0.717) is 6.54 Å². The number of nitrogens with zero attached hydrogens (tertiary/aromatic N) is 1. The zero-order valence-electron chi connectivity index (χ0n) is 8.07. The molecule has 0 radical (unpaired) electrons. The second-order valence-electron chi connectivity index (χ2n) is 3.56. The lowest BCUT2D eigenvalue weighted by Gasteiger charge is -2.24. The molecule has 0 bridgehead atoms. The fourth-order valence-corrected chi connectivity index (χ4v) is 3.00. The Balaban J connectivity index is 2.72. The molecule has 0 aromatic rings. The summed E-state index contributed by atoms with van der Waals surface area (Å²) in [5.74, 6) is 0. The third-order valence-corrected chi connectivity index (χ3v) is 3.77. The van der Waals surface area contributed by atoms with Crippen LogP contribution in [0.4, 0.5) is 0 Å². The van der Waals surface area contributed by atoms with Crippen LogP contribution in [-0.4, -0.2) is 31.6 Å². The van der Waals surface area contributed by atoms with E-state index in [0.717, 1.165) is 25.7 Å². The van der Waals surface area contributed by atoms with Gasteiger partial charge in [0.05, 0.1) is 6.26 Å². The largest absolute Gasteiger partial charge is 0.212 e. The third-order valence-electron chi connectivity index (χ3n) is 2.47. The first-order valence-corrected chi connectivity index (χ1v) is 6.48. The Kier molecular flexibility index (Phi) is 3.50. The predicted molar refractivity (Wildman–Crippen MR) is 54.0 cm³/mol. The van der Waals surface area contributed by atoms with Crippen molar-refractivity contribution in [1.82, 2.24) is 4.31 Å². The fraction of sp³-hybridized carbons (Fsp3) is 0.778. The zero-order valence-corrected chi connectivity index (χ0v) is 8.89. The summed E-state index contributed by atoms with van der Waals surface area (Å²) < 4.78 is 24.3. The van der Waals surface area contributed by atoms with Crippen LogP contribution < -0.4 is 0 Å². The third kappa shape index (κ3) is 2.81. The van der Waals surface area contributed by atoms with Crippen molar-refractivity contribution in [2.45, 2.75) is 31.7 Å². The van der Waals surface area contributed by atoms with Gasteiger partial charge in [0.25, 0.3) is 0 Å². The van der Waals surface area contributed by atoms with Crippen LogP contribution in [0.15, 0.2) is 12.7 Å². The summed E-state index contributed by atoms with van der Waals surface area (Å²) >= 11 is 0. The van der Waals surface area contributed by atoms with Crippen LogP contribution in [0.5, 0.6) is 0 Å². The maximum absolute atomic E-state index is 11.4. The molecule has 0 spiro atoms. The monoisotopic (exact) mass is 203 g/mol. The first-order valence-electron chi connectivity index (χ1n) is 4.63. The van der Waals surface area contributed by atoms with Gasteiger partial charge in [0.15, 0.2) is 0 Å². The molecular formula is C9H17NO2S. The topological polar surface area (TPSA) is 37.4 Å². The average molecular weight is 203 g/mol. The highest BCUT2D eigenvalue weighted by Crippen LogP contribution is 2.24. The summed E-state index contributed by atoms with van der Waals surface area (Å²) in [5.41, 5.74) is 0. The molecule has 1 saturated carbocycles. The summed E-state index contributed by atoms with van der Waals surface area (Å²) in [7, 11) is -3.05. The van der Waals surface area contributed by atoms with E-state index in [1.54, 1.807) is 10.4 Å². The lowest BCUT2D eigenvalue weighted by molar-refractivity contribution is 0.350. The first kappa shape index (κ1) is 10.7. The van der Waals surface area contributed by atoms with Gasteiger partial charge in [-0.15, -0.1) is 6.58 Å². The Bertz CT molecular complexity index is 265. The molecule has 0 aromatic heterocycles. The molecule has 3 nitrogen and oxygen atoms in total. The molecule has 1 fully saturated rings. The number of sulfonamides is 1. The van der Waals surface area contributed by atoms with Crippen molar-refractivity contribution in [1.29, 1.82) is 0 Å². The van der Waals surface area contributed by atoms with E-state index in [9.17, 15) is 8.42 Å². The maximum atomic E-state index is 11.4. The van der Waals surface area contributed by atoms with Crippen molar-refractivity contribution in [3.05, 3.63) is 12.7 Å². The summed E-state index contributed by atoms with van der Waals surface area (Å²) in [4.78, 5) is 0. The molecule has 0 amide bonds. The van der Waals surface area contributed by atoms with Gasteiger partial charge in [-0.1, -0.05) is 18.9 Å². The molecule has 0 aromatic carbocycles. The van der Waals surface area contributed by atoms with Gasteiger partial charge in [-0.2, -0.15) is 4.31 Å². The van der Waals surface area contributed by atoms with Crippen LogP contribution in [0.25, 0.3) is 0 Å². The van der Waals surface area contributed by atoms with E-state index in [1.165, 1.54) is 6.26 Å². The van der Waals surface area contributed by atoms with E-state index < -0.39 is 10.0 Å². The second kappa shape index (κ2) is 4.24. The maximum Gasteiger partial charge on any atom is 0.211 e. The van der Waals surface area contributed by atoms with Crippen molar-refractivity contribution in [2.24, 2.45) is 0 Å². The van der Waals surface area contributed by atoms with Gasteiger partial charge >= 0.3 is 0 Å². The molecule has 1 aliphatic rings. The van der Waals surface area contributed by atoms with Crippen LogP contribution >= 0.6 is 0 Å². The minimum Gasteiger partial charge on any atom is -0.212 e. The Morgan fingerprint density at radius 1 is 1.46 bits per heavy atom. The van der Waals surface area contributed by atoms with Crippen LogP contribution in [0.1, 0.15) is 25.7 Å². The first-order chi connectivity index (χ1) is 6.05. The van der Waals surface area contributed by atoms with Gasteiger partial charge in [-0.25, -0.2) is 8.42 Å². The molecule has 1 rings (SSSR count). The minimum atomic E-state index is -3.05. The van der Waals surface area contributed by atoms with Crippen molar-refractivity contribution >= 4 is 10.0 Å². The molecule has 0 atom stereocenters. The molecule has 0 aliphatic heterocycles. The summed E-state index contributed by atoms with van der Waals surface area (Å²) in [6.45, 7) is 4.03. The Morgan fingerprint density at radius 3 is 2.38 bits per heavy atom. The van der Waals surface area contributed by atoms with Crippen molar-refractivity contribution in [2.75, 3.05) is 12.8 Å². The van der Waals surface area contributed by atoms with Gasteiger partial charge in [0.1, 0.15) is 0 Å². The molecule has 0 unspecified atom stereocenters. The van der Waals surface area contributed by atoms with Crippen LogP contribution in [0.3, 0.4) is 0 Å². The van der Waals surface area contributed by atoms with Crippen LogP contribution in [-0.2, 0) is 10.0 Å². The molecule has 0 heterocycles. The summed E-state index contributed by atoms with van der Waals surface area (Å²) in [6.07, 6.45) is 7.22. The predicted octanol–water partition coefficient (Wildman–Crippen LogP) is 1.38. The van der Waals surface area contributed by atoms with Gasteiger partial charge < -0.3 is 0 Å². The van der Waals surface area contributed by atoms with Crippen molar-refractivity contribution < 1.29 is 8.42 Å². The standard InChI is InChI=1S/C9H17NO2S/c1-3-8-10(13(2,11)12)9-6-4-5-7-9/h3,9H,1,4-8H2,2H3. The quantitative estimate of drug-likeness (QED) is 0.647. The molecule has 76 valence electrons. The minimum absolute atomic E-state index is 0.216. The zero-order chi connectivity index (χ0) is 9.90. The number of hydrogen-bond acceptors (Lipinski definition) is 2. The highest BCUT2D eigenvalue weighted by atomic mass is 32.2. The molecular weight excluding hydrogens is 186 g/mol. The van der Waals surface area contributed by atoms with Crippen LogP contribution in [0, 0.1) is 0 Å². The molecule has 1 aliphatic carbocycles. The van der Waals surface area contributed by atoms with E-state index in [-0.39, 0.29) is 6.04 Å². The summed E-state index contributed by atoms with van der Waals surface area (Å²) in [6, 6.07) is 0.216. The smallest absolute Gasteiger partial charge is 0.211 e. The summed E-state index contributed by atoms with van der Waals surface area (Å²) in [5, 5.41) is 0. The van der Waals surface area contributed by atoms with Gasteiger partial charge in [0, 0.05) is 12.6 Å². The fourth-order valence-electron chi connectivity index (χ4n) is 1.87. The van der Waals surface area contributed by atoms with E-state index in [1.807, 2.05) is 0 Å². The molecule has 4 heteroatoms. The van der Waals surface area contributed by atoms with Crippen molar-refractivity contribution in [3.63, 3.8) is 0 Å². The lowest BCUT2D eigenvalue weighted by atomic mass is 10.2. The normalized spacial score (nSPS) is 19.5. The van der Waals surface area contributed by atoms with Crippen LogP contribution in [0.2, 0.25) is 0 Å². The second-order valence-corrected chi connectivity index (χ2v) is 5.49. The Labute approximate surface area is 80.5 Å². The van der Waals surface area contributed by atoms with Gasteiger partial charge in [0.2, 0.25) is 10.0 Å². The lowest BCUT2D eigenvalue weighted by Crippen LogP contribution is -2.38. The average Bonchev–Trinajstić information content (AvgIpc) is 2.49. The van der Waals surface area contributed by atoms with E-state index in [4.69, 9.17) is 0 Å². The van der Waals surface area contributed by atoms with Crippen molar-refractivity contribution in [3.8, 4) is 0 Å².